The molecule has 0 spiro atoms. The van der Waals surface area contributed by atoms with Crippen LogP contribution >= 0.6 is 0 Å². The molecule has 2 aliphatic carbocycles. The number of para-hydroxylation sites is 1. The van der Waals surface area contributed by atoms with Crippen LogP contribution in [0.1, 0.15) is 57.8 Å². The molecule has 2 saturated carbocycles. The normalized spacial score (nSPS) is 21.1. The summed E-state index contributed by atoms with van der Waals surface area (Å²) in [6.45, 7) is 2.57. The average molecular weight is 465 g/mol. The number of benzene rings is 1. The maximum atomic E-state index is 13.6. The van der Waals surface area contributed by atoms with Crippen LogP contribution in [0.2, 0.25) is 0 Å². The summed E-state index contributed by atoms with van der Waals surface area (Å²) in [7, 11) is 1.90. The molecule has 0 saturated heterocycles. The van der Waals surface area contributed by atoms with Gasteiger partial charge in [0.05, 0.1) is 12.7 Å². The number of carbonyl (C=O) groups excluding carboxylic acids is 1. The van der Waals surface area contributed by atoms with Gasteiger partial charge in [0.15, 0.2) is 0 Å². The summed E-state index contributed by atoms with van der Waals surface area (Å²) in [6.07, 6.45) is 12.5. The van der Waals surface area contributed by atoms with Gasteiger partial charge >= 0.3 is 6.03 Å². The second-order valence-electron chi connectivity index (χ2n) is 10.3. The molecule has 2 aliphatic rings. The Hall–Kier alpha value is -2.76. The van der Waals surface area contributed by atoms with E-state index >= 15 is 0 Å². The lowest BCUT2D eigenvalue weighted by Gasteiger charge is -2.37. The van der Waals surface area contributed by atoms with Gasteiger partial charge in [0, 0.05) is 31.9 Å². The Morgan fingerprint density at radius 2 is 1.50 bits per heavy atom. The first-order chi connectivity index (χ1) is 16.6. The largest absolute Gasteiger partial charge is 0.711 e. The molecular formula is C28H40N4O2. The Bertz CT molecular complexity index is 892. The Labute approximate surface area is 204 Å². The van der Waals surface area contributed by atoms with Crippen molar-refractivity contribution in [3.8, 4) is 0 Å². The minimum Gasteiger partial charge on any atom is -0.711 e. The summed E-state index contributed by atoms with van der Waals surface area (Å²) in [6, 6.07) is 15.6. The van der Waals surface area contributed by atoms with Crippen molar-refractivity contribution in [1.82, 2.24) is 4.90 Å². The van der Waals surface area contributed by atoms with Crippen molar-refractivity contribution in [2.75, 3.05) is 36.9 Å². The third-order valence-corrected chi connectivity index (χ3v) is 7.75. The van der Waals surface area contributed by atoms with E-state index in [0.717, 1.165) is 55.7 Å². The lowest BCUT2D eigenvalue weighted by molar-refractivity contribution is -0.590. The van der Waals surface area contributed by atoms with Crippen LogP contribution in [0.4, 0.5) is 16.3 Å². The third-order valence-electron chi connectivity index (χ3n) is 7.75. The first-order valence-electron chi connectivity index (χ1n) is 13.1. The summed E-state index contributed by atoms with van der Waals surface area (Å²) in [5.74, 6) is 2.38. The zero-order chi connectivity index (χ0) is 23.8. The van der Waals surface area contributed by atoms with Gasteiger partial charge in [-0.3, -0.25) is 10.2 Å². The van der Waals surface area contributed by atoms with Crippen LogP contribution in [-0.2, 0) is 0 Å². The first-order valence-corrected chi connectivity index (χ1v) is 13.1. The number of urea groups is 1. The molecule has 6 heteroatoms. The lowest BCUT2D eigenvalue weighted by atomic mass is 9.81. The van der Waals surface area contributed by atoms with E-state index in [2.05, 4.69) is 10.2 Å². The summed E-state index contributed by atoms with van der Waals surface area (Å²) < 4.78 is 0.892. The van der Waals surface area contributed by atoms with E-state index in [1.807, 2.05) is 54.4 Å². The highest BCUT2D eigenvalue weighted by molar-refractivity contribution is 5.91. The second kappa shape index (κ2) is 12.1. The van der Waals surface area contributed by atoms with Gasteiger partial charge < -0.3 is 10.1 Å². The molecule has 184 valence electrons. The van der Waals surface area contributed by atoms with Crippen molar-refractivity contribution < 1.29 is 9.52 Å². The fourth-order valence-electron chi connectivity index (χ4n) is 5.63. The van der Waals surface area contributed by atoms with Gasteiger partial charge in [0.2, 0.25) is 0 Å². The predicted molar refractivity (Wildman–Crippen MR) is 138 cm³/mol. The molecule has 1 aromatic carbocycles. The van der Waals surface area contributed by atoms with Crippen molar-refractivity contribution >= 4 is 17.5 Å². The number of rotatable bonds is 8. The number of hydrogen-bond acceptors (Lipinski definition) is 3. The molecule has 1 aromatic heterocycles. The van der Waals surface area contributed by atoms with Gasteiger partial charge in [-0.1, -0.05) is 43.5 Å². The van der Waals surface area contributed by atoms with E-state index in [4.69, 9.17) is 0 Å². The second-order valence-corrected chi connectivity index (χ2v) is 10.3. The molecule has 4 rings (SSSR count). The molecule has 0 atom stereocenters. The van der Waals surface area contributed by atoms with Gasteiger partial charge in [0.1, 0.15) is 0 Å². The highest BCUT2D eigenvalue weighted by atomic mass is 16.5. The number of hydrogen-bond donors (Lipinski definition) is 1. The van der Waals surface area contributed by atoms with Crippen molar-refractivity contribution in [3.63, 3.8) is 0 Å². The van der Waals surface area contributed by atoms with Crippen LogP contribution in [0.3, 0.4) is 0 Å². The zero-order valence-electron chi connectivity index (χ0n) is 20.6. The molecule has 2 aromatic rings. The predicted octanol–water partition coefficient (Wildman–Crippen LogP) is 5.68. The van der Waals surface area contributed by atoms with Crippen molar-refractivity contribution in [3.05, 3.63) is 59.9 Å². The van der Waals surface area contributed by atoms with E-state index < -0.39 is 0 Å². The molecule has 0 bridgehead atoms. The number of pyridine rings is 1. The van der Waals surface area contributed by atoms with Crippen LogP contribution in [0.25, 0.3) is 0 Å². The molecule has 34 heavy (non-hydrogen) atoms. The highest BCUT2D eigenvalue weighted by Gasteiger charge is 2.29. The molecule has 2 fully saturated rings. The van der Waals surface area contributed by atoms with Gasteiger partial charge in [-0.25, -0.2) is 9.52 Å². The Morgan fingerprint density at radius 1 is 0.882 bits per heavy atom. The molecule has 1 N–H and O–H groups in total. The molecule has 0 radical (unpaired) electrons. The van der Waals surface area contributed by atoms with Gasteiger partial charge in [-0.05, 0) is 74.5 Å². The number of anilines is 2. The summed E-state index contributed by atoms with van der Waals surface area (Å²) in [5, 5.41) is 15.2. The van der Waals surface area contributed by atoms with Gasteiger partial charge in [-0.2, -0.15) is 0 Å². The molecule has 0 unspecified atom stereocenters. The van der Waals surface area contributed by atoms with Crippen molar-refractivity contribution in [2.45, 2.75) is 57.8 Å². The molecule has 1 heterocycles. The fraction of sp³-hybridized carbons (Fsp3) is 0.571. The van der Waals surface area contributed by atoms with E-state index in [0.29, 0.717) is 23.6 Å². The molecule has 2 amide bonds. The van der Waals surface area contributed by atoms with Crippen LogP contribution < -0.4 is 14.9 Å². The SMILES string of the molecule is CN(C(=O)N(CC1CCCCC1)CC1CCC(CNc2cccc[n+]2[O-])CC1)c1ccccc1. The zero-order valence-corrected chi connectivity index (χ0v) is 20.6. The molecule has 0 aliphatic heterocycles. The van der Waals surface area contributed by atoms with E-state index in [1.54, 1.807) is 6.07 Å². The number of amides is 2. The standard InChI is InChI=1S/C28H40N4O2/c1-30(26-12-6-3-7-13-26)28(33)31(21-24-10-4-2-5-11-24)22-25-17-15-23(16-18-25)20-29-27-14-8-9-19-32(27)34/h3,6-9,12-14,19,23-25,29H,2,4-5,10-11,15-18,20-22H2,1H3. The Balaban J connectivity index is 1.32. The smallest absolute Gasteiger partial charge is 0.324 e. The lowest BCUT2D eigenvalue weighted by Crippen LogP contribution is -2.46. The van der Waals surface area contributed by atoms with E-state index in [9.17, 15) is 10.0 Å². The van der Waals surface area contributed by atoms with Crippen molar-refractivity contribution in [1.29, 1.82) is 0 Å². The minimum atomic E-state index is 0.129. The third kappa shape index (κ3) is 6.64. The number of aromatic nitrogens is 1. The summed E-state index contributed by atoms with van der Waals surface area (Å²) >= 11 is 0. The Kier molecular flexibility index (Phi) is 8.67. The van der Waals surface area contributed by atoms with Crippen LogP contribution in [0.5, 0.6) is 0 Å². The molecule has 6 nitrogen and oxygen atoms in total. The van der Waals surface area contributed by atoms with E-state index in [1.165, 1.54) is 38.3 Å². The quantitative estimate of drug-likeness (QED) is 0.404. The maximum Gasteiger partial charge on any atom is 0.324 e. The number of nitrogens with one attached hydrogen (secondary N) is 1. The summed E-state index contributed by atoms with van der Waals surface area (Å²) in [5.41, 5.74) is 0.951. The number of carbonyl (C=O) groups is 1. The monoisotopic (exact) mass is 464 g/mol. The van der Waals surface area contributed by atoms with Crippen molar-refractivity contribution in [2.24, 2.45) is 17.8 Å². The highest BCUT2D eigenvalue weighted by Crippen LogP contribution is 2.31. The van der Waals surface area contributed by atoms with Crippen LogP contribution in [-0.4, -0.2) is 37.6 Å². The topological polar surface area (TPSA) is 62.5 Å². The van der Waals surface area contributed by atoms with Crippen LogP contribution in [0, 0.1) is 23.0 Å². The number of nitrogens with zero attached hydrogens (tertiary/aromatic N) is 3. The van der Waals surface area contributed by atoms with Gasteiger partial charge in [0.25, 0.3) is 5.82 Å². The first kappa shape index (κ1) is 24.4. The molecular weight excluding hydrogens is 424 g/mol. The Morgan fingerprint density at radius 3 is 2.18 bits per heavy atom. The van der Waals surface area contributed by atoms with Crippen LogP contribution in [0.15, 0.2) is 54.7 Å². The summed E-state index contributed by atoms with van der Waals surface area (Å²) in [4.78, 5) is 17.5. The fourth-order valence-corrected chi connectivity index (χ4v) is 5.63. The van der Waals surface area contributed by atoms with Gasteiger partial charge in [-0.15, -0.1) is 0 Å². The minimum absolute atomic E-state index is 0.129. The maximum absolute atomic E-state index is 13.6. The van der Waals surface area contributed by atoms with E-state index in [-0.39, 0.29) is 6.03 Å². The average Bonchev–Trinajstić information content (AvgIpc) is 2.89.